The lowest BCUT2D eigenvalue weighted by atomic mass is 10.2. The maximum Gasteiger partial charge on any atom is 0.236 e. The molecule has 2 aromatic carbocycles. The minimum atomic E-state index is -0.174. The van der Waals surface area contributed by atoms with Crippen molar-refractivity contribution in [2.45, 2.75) is 5.16 Å². The number of thioether (sulfide) groups is 1. The molecule has 0 aliphatic heterocycles. The first kappa shape index (κ1) is 20.9. The summed E-state index contributed by atoms with van der Waals surface area (Å²) < 4.78 is 1.87. The summed E-state index contributed by atoms with van der Waals surface area (Å²) in [6, 6.07) is 15.0. The largest absolute Gasteiger partial charge is 0.305 e. The van der Waals surface area contributed by atoms with Crippen molar-refractivity contribution < 1.29 is 4.79 Å². The summed E-state index contributed by atoms with van der Waals surface area (Å²) in [5.74, 6) is 0.771. The molecule has 0 saturated heterocycles. The lowest BCUT2D eigenvalue weighted by molar-refractivity contribution is -0.113. The van der Waals surface area contributed by atoms with Gasteiger partial charge in [-0.3, -0.25) is 4.79 Å². The molecule has 0 fully saturated rings. The molecular formula is C20H15Cl2N5OS2. The van der Waals surface area contributed by atoms with Gasteiger partial charge in [-0.05, 0) is 18.2 Å². The van der Waals surface area contributed by atoms with Crippen LogP contribution in [0, 0.1) is 0 Å². The number of rotatable bonds is 6. The Labute approximate surface area is 191 Å². The average molecular weight is 476 g/mol. The zero-order valence-electron chi connectivity index (χ0n) is 15.7. The highest BCUT2D eigenvalue weighted by Crippen LogP contribution is 2.32. The average Bonchev–Trinajstić information content (AvgIpc) is 3.33. The van der Waals surface area contributed by atoms with E-state index in [1.54, 1.807) is 18.2 Å². The fourth-order valence-electron chi connectivity index (χ4n) is 2.72. The van der Waals surface area contributed by atoms with Crippen molar-refractivity contribution in [3.05, 3.63) is 64.0 Å². The van der Waals surface area contributed by atoms with Crippen LogP contribution in [0.15, 0.2) is 59.1 Å². The number of halogens is 2. The molecule has 1 amide bonds. The van der Waals surface area contributed by atoms with E-state index in [1.807, 2.05) is 47.3 Å². The van der Waals surface area contributed by atoms with Crippen molar-refractivity contribution >= 4 is 57.3 Å². The SMILES string of the molecule is Cn1c(SCC(=O)Nc2nc(-c3ccc(Cl)cc3Cl)cs2)nnc1-c1ccccc1. The Balaban J connectivity index is 1.38. The Bertz CT molecular complexity index is 1190. The minimum Gasteiger partial charge on any atom is -0.305 e. The zero-order chi connectivity index (χ0) is 21.1. The minimum absolute atomic E-state index is 0.174. The second-order valence-electron chi connectivity index (χ2n) is 6.23. The molecule has 0 atom stereocenters. The predicted molar refractivity (Wildman–Crippen MR) is 123 cm³/mol. The second kappa shape index (κ2) is 9.18. The standard InChI is InChI=1S/C20H15Cl2N5OS2/c1-27-18(12-5-3-2-4-6-12)25-26-20(27)30-11-17(28)24-19-23-16(10-29-19)14-8-7-13(21)9-15(14)22/h2-10H,11H2,1H3,(H,23,24,28). The van der Waals surface area contributed by atoms with Crippen LogP contribution in [0.1, 0.15) is 0 Å². The predicted octanol–water partition coefficient (Wildman–Crippen LogP) is 5.64. The maximum atomic E-state index is 12.4. The molecule has 2 aromatic heterocycles. The van der Waals surface area contributed by atoms with Crippen molar-refractivity contribution in [1.82, 2.24) is 19.7 Å². The number of anilines is 1. The summed E-state index contributed by atoms with van der Waals surface area (Å²) in [4.78, 5) is 16.8. The van der Waals surface area contributed by atoms with Gasteiger partial charge in [0.2, 0.25) is 5.91 Å². The van der Waals surface area contributed by atoms with Gasteiger partial charge < -0.3 is 9.88 Å². The number of nitrogens with one attached hydrogen (secondary N) is 1. The normalized spacial score (nSPS) is 10.9. The summed E-state index contributed by atoms with van der Waals surface area (Å²) in [6.07, 6.45) is 0. The number of amides is 1. The van der Waals surface area contributed by atoms with Crippen molar-refractivity contribution in [3.63, 3.8) is 0 Å². The van der Waals surface area contributed by atoms with Crippen LogP contribution in [0.3, 0.4) is 0 Å². The Hall–Kier alpha value is -2.39. The van der Waals surface area contributed by atoms with Gasteiger partial charge in [-0.2, -0.15) is 0 Å². The third-order valence-electron chi connectivity index (χ3n) is 4.16. The van der Waals surface area contributed by atoms with E-state index < -0.39 is 0 Å². The van der Waals surface area contributed by atoms with E-state index in [0.717, 1.165) is 17.0 Å². The Kier molecular flexibility index (Phi) is 6.38. The number of hydrogen-bond acceptors (Lipinski definition) is 6. The van der Waals surface area contributed by atoms with Crippen LogP contribution >= 0.6 is 46.3 Å². The van der Waals surface area contributed by atoms with E-state index in [0.29, 0.717) is 26.0 Å². The lowest BCUT2D eigenvalue weighted by Crippen LogP contribution is -2.14. The first-order valence-electron chi connectivity index (χ1n) is 8.79. The first-order chi connectivity index (χ1) is 14.5. The topological polar surface area (TPSA) is 72.7 Å². The third-order valence-corrected chi connectivity index (χ3v) is 6.48. The number of nitrogens with zero attached hydrogens (tertiary/aromatic N) is 4. The molecule has 0 aliphatic carbocycles. The van der Waals surface area contributed by atoms with Gasteiger partial charge >= 0.3 is 0 Å². The number of carbonyl (C=O) groups is 1. The molecule has 0 saturated carbocycles. The summed E-state index contributed by atoms with van der Waals surface area (Å²) in [5.41, 5.74) is 2.42. The van der Waals surface area contributed by atoms with E-state index in [1.165, 1.54) is 23.1 Å². The van der Waals surface area contributed by atoms with Gasteiger partial charge in [-0.25, -0.2) is 4.98 Å². The second-order valence-corrected chi connectivity index (χ2v) is 8.87. The van der Waals surface area contributed by atoms with Crippen LogP contribution < -0.4 is 5.32 Å². The van der Waals surface area contributed by atoms with Gasteiger partial charge in [0.25, 0.3) is 0 Å². The van der Waals surface area contributed by atoms with Crippen LogP contribution in [-0.4, -0.2) is 31.4 Å². The molecule has 10 heteroatoms. The van der Waals surface area contributed by atoms with Crippen molar-refractivity contribution in [1.29, 1.82) is 0 Å². The van der Waals surface area contributed by atoms with Crippen LogP contribution in [0.25, 0.3) is 22.6 Å². The van der Waals surface area contributed by atoms with Gasteiger partial charge in [-0.15, -0.1) is 21.5 Å². The smallest absolute Gasteiger partial charge is 0.236 e. The van der Waals surface area contributed by atoms with Gasteiger partial charge in [0.15, 0.2) is 16.1 Å². The molecule has 30 heavy (non-hydrogen) atoms. The highest BCUT2D eigenvalue weighted by atomic mass is 35.5. The fraction of sp³-hybridized carbons (Fsp3) is 0.100. The molecule has 0 radical (unpaired) electrons. The van der Waals surface area contributed by atoms with Gasteiger partial charge in [0.1, 0.15) is 0 Å². The summed E-state index contributed by atoms with van der Waals surface area (Å²) in [6.45, 7) is 0. The molecule has 0 spiro atoms. The Morgan fingerprint density at radius 3 is 2.73 bits per heavy atom. The highest BCUT2D eigenvalue weighted by molar-refractivity contribution is 7.99. The maximum absolute atomic E-state index is 12.4. The number of hydrogen-bond donors (Lipinski definition) is 1. The van der Waals surface area contributed by atoms with Gasteiger partial charge in [-0.1, -0.05) is 65.3 Å². The molecule has 0 aliphatic rings. The third kappa shape index (κ3) is 4.67. The van der Waals surface area contributed by atoms with Crippen LogP contribution in [0.4, 0.5) is 5.13 Å². The van der Waals surface area contributed by atoms with Gasteiger partial charge in [0.05, 0.1) is 16.5 Å². The van der Waals surface area contributed by atoms with Crippen molar-refractivity contribution in [2.75, 3.05) is 11.1 Å². The Morgan fingerprint density at radius 2 is 1.97 bits per heavy atom. The van der Waals surface area contributed by atoms with E-state index in [2.05, 4.69) is 20.5 Å². The molecular weight excluding hydrogens is 461 g/mol. The number of aromatic nitrogens is 4. The molecule has 2 heterocycles. The molecule has 0 unspecified atom stereocenters. The number of thiazole rings is 1. The molecule has 1 N–H and O–H groups in total. The van der Waals surface area contributed by atoms with E-state index >= 15 is 0 Å². The van der Waals surface area contributed by atoms with E-state index in [9.17, 15) is 4.79 Å². The van der Waals surface area contributed by atoms with Crippen LogP contribution in [0.2, 0.25) is 10.0 Å². The highest BCUT2D eigenvalue weighted by Gasteiger charge is 2.14. The summed E-state index contributed by atoms with van der Waals surface area (Å²) in [5, 5.41) is 15.3. The van der Waals surface area contributed by atoms with Crippen molar-refractivity contribution in [2.24, 2.45) is 7.05 Å². The first-order valence-corrected chi connectivity index (χ1v) is 11.4. The molecule has 152 valence electrons. The molecule has 6 nitrogen and oxygen atoms in total. The summed E-state index contributed by atoms with van der Waals surface area (Å²) >= 11 is 14.8. The van der Waals surface area contributed by atoms with Crippen LogP contribution in [0.5, 0.6) is 0 Å². The van der Waals surface area contributed by atoms with E-state index in [4.69, 9.17) is 23.2 Å². The summed E-state index contributed by atoms with van der Waals surface area (Å²) in [7, 11) is 1.88. The van der Waals surface area contributed by atoms with Crippen LogP contribution in [-0.2, 0) is 11.8 Å². The van der Waals surface area contributed by atoms with E-state index in [-0.39, 0.29) is 11.7 Å². The van der Waals surface area contributed by atoms with Crippen molar-refractivity contribution in [3.8, 4) is 22.6 Å². The molecule has 4 rings (SSSR count). The zero-order valence-corrected chi connectivity index (χ0v) is 18.8. The number of benzene rings is 2. The van der Waals surface area contributed by atoms with Gasteiger partial charge in [0, 0.05) is 28.6 Å². The monoisotopic (exact) mass is 475 g/mol. The number of carbonyl (C=O) groups excluding carboxylic acids is 1. The Morgan fingerprint density at radius 1 is 1.17 bits per heavy atom. The lowest BCUT2D eigenvalue weighted by Gasteiger charge is -2.04. The fourth-order valence-corrected chi connectivity index (χ4v) is 4.66. The molecule has 0 bridgehead atoms. The quantitative estimate of drug-likeness (QED) is 0.365. The molecule has 4 aromatic rings.